The molecular formula is C26H47ClO2Si. The van der Waals surface area contributed by atoms with Gasteiger partial charge in [-0.1, -0.05) is 116 Å². The van der Waals surface area contributed by atoms with Crippen molar-refractivity contribution in [3.05, 3.63) is 29.3 Å². The van der Waals surface area contributed by atoms with E-state index in [1.54, 1.807) is 0 Å². The van der Waals surface area contributed by atoms with E-state index < -0.39 is 8.56 Å². The molecule has 0 N–H and O–H groups in total. The Labute approximate surface area is 193 Å². The first-order chi connectivity index (χ1) is 14.7. The Morgan fingerprint density at radius 3 is 1.50 bits per heavy atom. The van der Waals surface area contributed by atoms with Gasteiger partial charge in [0.1, 0.15) is 5.75 Å². The van der Waals surface area contributed by atoms with E-state index in [-0.39, 0.29) is 0 Å². The summed E-state index contributed by atoms with van der Waals surface area (Å²) in [7, 11) is -2.15. The first kappa shape index (κ1) is 27.5. The molecule has 0 spiro atoms. The Morgan fingerprint density at radius 1 is 0.633 bits per heavy atom. The average Bonchev–Trinajstić information content (AvgIpc) is 2.77. The molecule has 0 unspecified atom stereocenters. The third-order valence-electron chi connectivity index (χ3n) is 6.06. The quantitative estimate of drug-likeness (QED) is 0.144. The highest BCUT2D eigenvalue weighted by Gasteiger charge is 2.35. The van der Waals surface area contributed by atoms with E-state index in [9.17, 15) is 0 Å². The number of benzene rings is 1. The second-order valence-corrected chi connectivity index (χ2v) is 12.8. The van der Waals surface area contributed by atoms with Gasteiger partial charge < -0.3 is 8.85 Å². The molecule has 30 heavy (non-hydrogen) atoms. The summed E-state index contributed by atoms with van der Waals surface area (Å²) >= 11 is 5.98. The molecule has 0 heterocycles. The van der Waals surface area contributed by atoms with Crippen LogP contribution in [-0.4, -0.2) is 15.2 Å². The molecule has 1 aromatic carbocycles. The minimum atomic E-state index is -2.15. The first-order valence-corrected chi connectivity index (χ1v) is 15.3. The summed E-state index contributed by atoms with van der Waals surface area (Å²) in [6, 6.07) is 9.62. The summed E-state index contributed by atoms with van der Waals surface area (Å²) in [5.74, 6) is 0.885. The van der Waals surface area contributed by atoms with Crippen LogP contribution in [0.2, 0.25) is 17.1 Å². The van der Waals surface area contributed by atoms with E-state index >= 15 is 0 Å². The van der Waals surface area contributed by atoms with Crippen molar-refractivity contribution in [2.45, 2.75) is 123 Å². The van der Waals surface area contributed by atoms with Gasteiger partial charge in [-0.05, 0) is 42.8 Å². The van der Waals surface area contributed by atoms with Gasteiger partial charge in [-0.25, -0.2) is 0 Å². The van der Waals surface area contributed by atoms with Crippen molar-refractivity contribution in [2.24, 2.45) is 0 Å². The fraction of sp³-hybridized carbons (Fsp3) is 0.769. The maximum atomic E-state index is 6.35. The predicted molar refractivity (Wildman–Crippen MR) is 135 cm³/mol. The van der Waals surface area contributed by atoms with Crippen molar-refractivity contribution in [3.8, 4) is 5.75 Å². The highest BCUT2D eigenvalue weighted by molar-refractivity contribution is 6.68. The molecule has 0 saturated heterocycles. The molecule has 0 atom stereocenters. The minimum Gasteiger partial charge on any atom is -0.520 e. The van der Waals surface area contributed by atoms with E-state index in [0.29, 0.717) is 0 Å². The summed E-state index contributed by atoms with van der Waals surface area (Å²) in [6.07, 6.45) is 19.4. The van der Waals surface area contributed by atoms with Gasteiger partial charge in [-0.3, -0.25) is 0 Å². The molecule has 174 valence electrons. The topological polar surface area (TPSA) is 18.5 Å². The second-order valence-electron chi connectivity index (χ2n) is 8.62. The fourth-order valence-electron chi connectivity index (χ4n) is 3.90. The average molecular weight is 455 g/mol. The Bertz CT molecular complexity index is 502. The summed E-state index contributed by atoms with van der Waals surface area (Å²) in [4.78, 5) is 0. The van der Waals surface area contributed by atoms with Gasteiger partial charge in [-0.15, -0.1) is 0 Å². The molecule has 0 aliphatic rings. The number of halogens is 1. The van der Waals surface area contributed by atoms with Crippen molar-refractivity contribution in [1.82, 2.24) is 0 Å². The van der Waals surface area contributed by atoms with Crippen LogP contribution < -0.4 is 4.43 Å². The van der Waals surface area contributed by atoms with E-state index in [1.165, 1.54) is 83.5 Å². The standard InChI is InChI=1S/C26H47ClO2Si/c1-4-7-8-9-10-11-12-13-14-15-16-17-18-19-24-28-30(5-2,6-3)29-26-22-20-25(27)21-23-26/h20-23H,4-19,24H2,1-3H3. The van der Waals surface area contributed by atoms with Gasteiger partial charge in [0, 0.05) is 11.6 Å². The largest absolute Gasteiger partial charge is 0.520 e. The summed E-state index contributed by atoms with van der Waals surface area (Å²) < 4.78 is 12.7. The monoisotopic (exact) mass is 454 g/mol. The Morgan fingerprint density at radius 2 is 1.07 bits per heavy atom. The van der Waals surface area contributed by atoms with Crippen molar-refractivity contribution >= 4 is 20.2 Å². The molecule has 4 heteroatoms. The number of hydrogen-bond acceptors (Lipinski definition) is 2. The van der Waals surface area contributed by atoms with Crippen molar-refractivity contribution < 1.29 is 8.85 Å². The zero-order valence-corrected chi connectivity index (χ0v) is 21.8. The summed E-state index contributed by atoms with van der Waals surface area (Å²) in [6.45, 7) is 7.50. The van der Waals surface area contributed by atoms with Gasteiger partial charge in [-0.2, -0.15) is 0 Å². The van der Waals surface area contributed by atoms with Crippen LogP contribution in [0.1, 0.15) is 111 Å². The van der Waals surface area contributed by atoms with Crippen LogP contribution in [0.25, 0.3) is 0 Å². The molecule has 0 aromatic heterocycles. The van der Waals surface area contributed by atoms with Crippen LogP contribution in [0.5, 0.6) is 5.75 Å². The molecule has 1 aromatic rings. The molecule has 0 radical (unpaired) electrons. The van der Waals surface area contributed by atoms with Gasteiger partial charge in [0.15, 0.2) is 0 Å². The maximum Gasteiger partial charge on any atom is 0.398 e. The van der Waals surface area contributed by atoms with Crippen LogP contribution in [0.3, 0.4) is 0 Å². The van der Waals surface area contributed by atoms with Crippen molar-refractivity contribution in [1.29, 1.82) is 0 Å². The van der Waals surface area contributed by atoms with E-state index in [0.717, 1.165) is 35.9 Å². The van der Waals surface area contributed by atoms with E-state index in [1.807, 2.05) is 24.3 Å². The molecule has 0 aliphatic heterocycles. The Balaban J connectivity index is 2.02. The molecule has 1 rings (SSSR count). The SMILES string of the molecule is CCCCCCCCCCCCCCCCO[Si](CC)(CC)Oc1ccc(Cl)cc1. The summed E-state index contributed by atoms with van der Waals surface area (Å²) in [5, 5.41) is 0.742. The molecule has 0 amide bonds. The smallest absolute Gasteiger partial charge is 0.398 e. The molecule has 0 saturated carbocycles. The number of hydrogen-bond donors (Lipinski definition) is 0. The molecule has 2 nitrogen and oxygen atoms in total. The lowest BCUT2D eigenvalue weighted by molar-refractivity contribution is 0.230. The lowest BCUT2D eigenvalue weighted by Crippen LogP contribution is -2.44. The van der Waals surface area contributed by atoms with Crippen LogP contribution in [0, 0.1) is 0 Å². The van der Waals surface area contributed by atoms with Crippen LogP contribution in [0.4, 0.5) is 0 Å². The van der Waals surface area contributed by atoms with Crippen molar-refractivity contribution in [3.63, 3.8) is 0 Å². The normalized spacial score (nSPS) is 11.7. The fourth-order valence-corrected chi connectivity index (χ4v) is 6.36. The van der Waals surface area contributed by atoms with Gasteiger partial charge >= 0.3 is 8.56 Å². The lowest BCUT2D eigenvalue weighted by Gasteiger charge is -2.29. The number of rotatable bonds is 20. The first-order valence-electron chi connectivity index (χ1n) is 12.7. The van der Waals surface area contributed by atoms with Crippen LogP contribution in [-0.2, 0) is 4.43 Å². The van der Waals surface area contributed by atoms with Crippen LogP contribution in [0.15, 0.2) is 24.3 Å². The zero-order chi connectivity index (χ0) is 21.9. The predicted octanol–water partition coefficient (Wildman–Crippen LogP) is 9.70. The Kier molecular flexibility index (Phi) is 16.6. The summed E-state index contributed by atoms with van der Waals surface area (Å²) in [5.41, 5.74) is 0. The van der Waals surface area contributed by atoms with Crippen molar-refractivity contribution in [2.75, 3.05) is 6.61 Å². The molecule has 0 fully saturated rings. The minimum absolute atomic E-state index is 0.742. The van der Waals surface area contributed by atoms with E-state index in [4.69, 9.17) is 20.5 Å². The highest BCUT2D eigenvalue weighted by atomic mass is 35.5. The third kappa shape index (κ3) is 13.0. The van der Waals surface area contributed by atoms with Gasteiger partial charge in [0.05, 0.1) is 0 Å². The second kappa shape index (κ2) is 18.1. The Hall–Kier alpha value is -0.513. The third-order valence-corrected chi connectivity index (χ3v) is 9.80. The molecule has 0 bridgehead atoms. The molecule has 0 aliphatic carbocycles. The van der Waals surface area contributed by atoms with Crippen LogP contribution >= 0.6 is 11.6 Å². The lowest BCUT2D eigenvalue weighted by atomic mass is 10.0. The van der Waals surface area contributed by atoms with Gasteiger partial charge in [0.2, 0.25) is 0 Å². The molecular weight excluding hydrogens is 408 g/mol. The van der Waals surface area contributed by atoms with Gasteiger partial charge in [0.25, 0.3) is 0 Å². The zero-order valence-electron chi connectivity index (χ0n) is 20.0. The number of unbranched alkanes of at least 4 members (excludes halogenated alkanes) is 13. The van der Waals surface area contributed by atoms with E-state index in [2.05, 4.69) is 20.8 Å². The highest BCUT2D eigenvalue weighted by Crippen LogP contribution is 2.25. The maximum absolute atomic E-state index is 6.35.